The summed E-state index contributed by atoms with van der Waals surface area (Å²) in [5.41, 5.74) is 2.26. The van der Waals surface area contributed by atoms with Crippen LogP contribution in [0.1, 0.15) is 31.7 Å². The maximum absolute atomic E-state index is 13.4. The fraction of sp³-hybridized carbons (Fsp3) is 0.200. The minimum Gasteiger partial charge on any atom is -0.452 e. The smallest absolute Gasteiger partial charge is 0.325 e. The van der Waals surface area contributed by atoms with Crippen molar-refractivity contribution in [2.24, 2.45) is 0 Å². The summed E-state index contributed by atoms with van der Waals surface area (Å²) >= 11 is 7.36. The highest BCUT2D eigenvalue weighted by molar-refractivity contribution is 7.98. The Balaban J connectivity index is 1.74. The van der Waals surface area contributed by atoms with Gasteiger partial charge in [0, 0.05) is 22.1 Å². The number of rotatable bonds is 5. The molecule has 1 atom stereocenters. The first-order chi connectivity index (χ1) is 16.5. The van der Waals surface area contributed by atoms with E-state index in [1.165, 1.54) is 11.8 Å². The van der Waals surface area contributed by atoms with Crippen molar-refractivity contribution >= 4 is 35.0 Å². The lowest BCUT2D eigenvalue weighted by Crippen LogP contribution is -2.60. The first-order valence-electron chi connectivity index (χ1n) is 10.9. The molecule has 2 aromatic heterocycles. The second kappa shape index (κ2) is 9.12. The van der Waals surface area contributed by atoms with Gasteiger partial charge in [0.15, 0.2) is 5.76 Å². The molecule has 0 unspecified atom stereocenters. The molecule has 0 bridgehead atoms. The number of fused-ring (bicyclic) bond motifs is 3. The zero-order chi connectivity index (χ0) is 23.8. The minimum atomic E-state index is -0.752. The molecule has 4 aromatic rings. The molecule has 172 valence electrons. The highest BCUT2D eigenvalue weighted by Gasteiger charge is 2.47. The van der Waals surface area contributed by atoms with Gasteiger partial charge in [0.25, 0.3) is 0 Å². The van der Waals surface area contributed by atoms with Crippen LogP contribution in [-0.2, 0) is 4.79 Å². The number of carbonyl (C=O) groups excluding carboxylic acids is 1. The third-order valence-electron chi connectivity index (χ3n) is 5.69. The largest absolute Gasteiger partial charge is 0.452 e. The number of H-pyrrole nitrogens is 1. The number of anilines is 1. The number of carbonyl (C=O) groups is 1. The van der Waals surface area contributed by atoms with Crippen LogP contribution < -0.4 is 15.1 Å². The number of amides is 1. The highest BCUT2D eigenvalue weighted by Crippen LogP contribution is 2.39. The topological polar surface area (TPSA) is 83.1 Å². The Kier molecular flexibility index (Phi) is 6.02. The van der Waals surface area contributed by atoms with Gasteiger partial charge in [-0.1, -0.05) is 42.4 Å². The molecule has 1 aliphatic rings. The maximum Gasteiger partial charge on any atom is 0.325 e. The normalized spacial score (nSPS) is 14.6. The SMILES string of the molecule is CCCC(=O)N1c2ccccc2-c2c(=O)[nH]c(SC)n[n+]2[C@@H]1c1ccc(-c2ccc(Cl)cc2)o1. The number of nitrogens with one attached hydrogen (secondary N) is 1. The van der Waals surface area contributed by atoms with Crippen LogP contribution >= 0.6 is 23.4 Å². The van der Waals surface area contributed by atoms with Crippen LogP contribution in [0.3, 0.4) is 0 Å². The Morgan fingerprint density at radius 1 is 1.18 bits per heavy atom. The van der Waals surface area contributed by atoms with Crippen LogP contribution in [-0.4, -0.2) is 22.2 Å². The summed E-state index contributed by atoms with van der Waals surface area (Å²) in [5.74, 6) is 1.06. The molecule has 0 spiro atoms. The van der Waals surface area contributed by atoms with Crippen LogP contribution in [0.5, 0.6) is 0 Å². The molecule has 1 amide bonds. The van der Waals surface area contributed by atoms with Gasteiger partial charge in [-0.2, -0.15) is 0 Å². The average molecular weight is 494 g/mol. The average Bonchev–Trinajstić information content (AvgIpc) is 3.33. The number of benzene rings is 2. The minimum absolute atomic E-state index is 0.0738. The molecule has 3 heterocycles. The van der Waals surface area contributed by atoms with Gasteiger partial charge >= 0.3 is 17.4 Å². The molecule has 1 N–H and O–H groups in total. The van der Waals surface area contributed by atoms with Crippen molar-refractivity contribution in [3.63, 3.8) is 0 Å². The Morgan fingerprint density at radius 3 is 2.68 bits per heavy atom. The lowest BCUT2D eigenvalue weighted by Gasteiger charge is -2.30. The van der Waals surface area contributed by atoms with E-state index in [2.05, 4.69) is 10.1 Å². The fourth-order valence-corrected chi connectivity index (χ4v) is 4.68. The molecule has 34 heavy (non-hydrogen) atoms. The number of nitrogens with zero attached hydrogens (tertiary/aromatic N) is 3. The van der Waals surface area contributed by atoms with Crippen molar-refractivity contribution in [3.8, 4) is 22.6 Å². The first kappa shape index (κ1) is 22.4. The van der Waals surface area contributed by atoms with Crippen LogP contribution in [0, 0.1) is 0 Å². The maximum atomic E-state index is 13.4. The van der Waals surface area contributed by atoms with E-state index >= 15 is 0 Å². The number of aromatic amines is 1. The van der Waals surface area contributed by atoms with E-state index in [1.807, 2.05) is 61.7 Å². The third kappa shape index (κ3) is 3.82. The Morgan fingerprint density at radius 2 is 1.94 bits per heavy atom. The quantitative estimate of drug-likeness (QED) is 0.310. The number of hydrogen-bond donors (Lipinski definition) is 1. The van der Waals surface area contributed by atoms with E-state index in [0.717, 1.165) is 5.56 Å². The van der Waals surface area contributed by atoms with E-state index in [-0.39, 0.29) is 11.5 Å². The van der Waals surface area contributed by atoms with Crippen molar-refractivity contribution in [2.75, 3.05) is 11.2 Å². The summed E-state index contributed by atoms with van der Waals surface area (Å²) in [6.07, 6.45) is 2.12. The Labute approximate surface area is 205 Å². The van der Waals surface area contributed by atoms with Crippen molar-refractivity contribution in [2.45, 2.75) is 31.1 Å². The van der Waals surface area contributed by atoms with E-state index in [4.69, 9.17) is 16.0 Å². The molecule has 7 nitrogen and oxygen atoms in total. The van der Waals surface area contributed by atoms with Crippen LogP contribution in [0.2, 0.25) is 5.02 Å². The summed E-state index contributed by atoms with van der Waals surface area (Å²) in [5, 5.41) is 5.77. The van der Waals surface area contributed by atoms with Gasteiger partial charge in [-0.25, -0.2) is 4.90 Å². The molecule has 2 aromatic carbocycles. The molecule has 9 heteroatoms. The van der Waals surface area contributed by atoms with E-state index in [0.29, 0.717) is 51.5 Å². The Bertz CT molecular complexity index is 1430. The predicted octanol–water partition coefficient (Wildman–Crippen LogP) is 5.05. The van der Waals surface area contributed by atoms with Crippen LogP contribution in [0.15, 0.2) is 75.0 Å². The highest BCUT2D eigenvalue weighted by atomic mass is 35.5. The van der Waals surface area contributed by atoms with Gasteiger partial charge in [-0.3, -0.25) is 14.6 Å². The standard InChI is InChI=1S/C25H21ClN4O3S/c1-3-6-21(31)29-18-8-5-4-7-17(18)22-23(32)27-25(34-2)28-30(22)24(29)20-14-13-19(33-20)15-9-11-16(26)12-10-15/h4-5,7-14,24H,3,6H2,1-2H3/p+1/t24-/m1/s1. The molecule has 1 aliphatic heterocycles. The van der Waals surface area contributed by atoms with Gasteiger partial charge < -0.3 is 4.42 Å². The number of hydrogen-bond acceptors (Lipinski definition) is 5. The van der Waals surface area contributed by atoms with E-state index < -0.39 is 6.17 Å². The molecule has 0 radical (unpaired) electrons. The predicted molar refractivity (Wildman–Crippen MR) is 132 cm³/mol. The third-order valence-corrected chi connectivity index (χ3v) is 6.52. The molecule has 0 saturated heterocycles. The lowest BCUT2D eigenvalue weighted by atomic mass is 10.0. The van der Waals surface area contributed by atoms with Crippen molar-refractivity contribution in [1.82, 2.24) is 10.1 Å². The number of halogens is 1. The van der Waals surface area contributed by atoms with Crippen molar-refractivity contribution in [3.05, 3.63) is 81.8 Å². The zero-order valence-electron chi connectivity index (χ0n) is 18.6. The van der Waals surface area contributed by atoms with Crippen molar-refractivity contribution in [1.29, 1.82) is 0 Å². The zero-order valence-corrected chi connectivity index (χ0v) is 20.2. The van der Waals surface area contributed by atoms with Gasteiger partial charge in [0.2, 0.25) is 11.1 Å². The summed E-state index contributed by atoms with van der Waals surface area (Å²) in [6, 6.07) is 18.4. The molecular formula is C25H22ClN4O3S+. The molecular weight excluding hydrogens is 472 g/mol. The van der Waals surface area contributed by atoms with Gasteiger partial charge in [-0.15, -0.1) is 0 Å². The molecule has 0 saturated carbocycles. The summed E-state index contributed by atoms with van der Waals surface area (Å²) in [7, 11) is 0. The Hall–Kier alpha value is -3.36. The lowest BCUT2D eigenvalue weighted by molar-refractivity contribution is -0.764. The summed E-state index contributed by atoms with van der Waals surface area (Å²) in [4.78, 5) is 31.1. The molecule has 0 fully saturated rings. The molecule has 0 aliphatic carbocycles. The summed E-state index contributed by atoms with van der Waals surface area (Å²) < 4.78 is 7.88. The van der Waals surface area contributed by atoms with Gasteiger partial charge in [0.1, 0.15) is 5.76 Å². The van der Waals surface area contributed by atoms with E-state index in [1.54, 1.807) is 21.7 Å². The number of thioether (sulfide) groups is 1. The number of furan rings is 1. The molecule has 5 rings (SSSR count). The second-order valence-electron chi connectivity index (χ2n) is 7.87. The van der Waals surface area contributed by atoms with Crippen LogP contribution in [0.25, 0.3) is 22.6 Å². The van der Waals surface area contributed by atoms with E-state index in [9.17, 15) is 9.59 Å². The van der Waals surface area contributed by atoms with Gasteiger partial charge in [0.05, 0.1) is 11.3 Å². The number of para-hydroxylation sites is 1. The number of aromatic nitrogens is 3. The second-order valence-corrected chi connectivity index (χ2v) is 9.10. The fourth-order valence-electron chi connectivity index (χ4n) is 4.19. The van der Waals surface area contributed by atoms with Gasteiger partial charge in [-0.05, 0) is 65.9 Å². The first-order valence-corrected chi connectivity index (χ1v) is 12.5. The van der Waals surface area contributed by atoms with Crippen molar-refractivity contribution < 1.29 is 13.9 Å². The van der Waals surface area contributed by atoms with Crippen LogP contribution in [0.4, 0.5) is 5.69 Å². The summed E-state index contributed by atoms with van der Waals surface area (Å²) in [6.45, 7) is 1.96. The monoisotopic (exact) mass is 493 g/mol.